The predicted octanol–water partition coefficient (Wildman–Crippen LogP) is 2.94. The summed E-state index contributed by atoms with van der Waals surface area (Å²) in [5.41, 5.74) is 0. The molecule has 0 aromatic heterocycles. The number of ether oxygens (including phenoxy) is 4. The van der Waals surface area contributed by atoms with E-state index in [1.54, 1.807) is 0 Å². The summed E-state index contributed by atoms with van der Waals surface area (Å²) in [6.07, 6.45) is 6.57. The van der Waals surface area contributed by atoms with Gasteiger partial charge in [0.1, 0.15) is 13.6 Å². The van der Waals surface area contributed by atoms with Gasteiger partial charge in [0.15, 0.2) is 0 Å². The summed E-state index contributed by atoms with van der Waals surface area (Å²) in [4.78, 5) is 0. The summed E-state index contributed by atoms with van der Waals surface area (Å²) in [6, 6.07) is 0. The lowest BCUT2D eigenvalue weighted by atomic mass is 10.4. The fourth-order valence-corrected chi connectivity index (χ4v) is 1.57. The maximum atomic E-state index is 5.37. The fraction of sp³-hybridized carbons (Fsp3) is 1.00. The Kier molecular flexibility index (Phi) is 19.6. The minimum Gasteiger partial charge on any atom is -0.355 e. The van der Waals surface area contributed by atoms with Crippen molar-refractivity contribution in [3.63, 3.8) is 0 Å². The number of unbranched alkanes of at least 4 members (excludes halogenated alkanes) is 2. The molecule has 0 heterocycles. The van der Waals surface area contributed by atoms with Crippen LogP contribution in [-0.2, 0) is 18.9 Å². The molecule has 0 bridgehead atoms. The van der Waals surface area contributed by atoms with E-state index in [2.05, 4.69) is 19.2 Å². The first-order valence-corrected chi connectivity index (χ1v) is 8.43. The first kappa shape index (κ1) is 20.8. The molecule has 0 aromatic carbocycles. The maximum Gasteiger partial charge on any atom is 0.146 e. The Labute approximate surface area is 130 Å². The Morgan fingerprint density at radius 2 is 0.952 bits per heavy atom. The van der Waals surface area contributed by atoms with Gasteiger partial charge < -0.3 is 24.3 Å². The maximum absolute atomic E-state index is 5.37. The molecule has 5 nitrogen and oxygen atoms in total. The minimum atomic E-state index is 0.422. The zero-order valence-electron chi connectivity index (χ0n) is 14.0. The zero-order valence-corrected chi connectivity index (χ0v) is 14.0. The third-order valence-corrected chi connectivity index (χ3v) is 2.90. The molecule has 0 radical (unpaired) electrons. The van der Waals surface area contributed by atoms with E-state index in [1.807, 2.05) is 0 Å². The van der Waals surface area contributed by atoms with Gasteiger partial charge in [-0.25, -0.2) is 0 Å². The quantitative estimate of drug-likeness (QED) is 0.312. The third-order valence-electron chi connectivity index (χ3n) is 2.90. The Hall–Kier alpha value is -0.200. The van der Waals surface area contributed by atoms with Gasteiger partial charge in [0.25, 0.3) is 0 Å². The molecule has 0 aliphatic heterocycles. The molecule has 0 unspecified atom stereocenters. The van der Waals surface area contributed by atoms with Crippen molar-refractivity contribution in [2.45, 2.75) is 52.4 Å². The van der Waals surface area contributed by atoms with Crippen LogP contribution < -0.4 is 5.32 Å². The minimum absolute atomic E-state index is 0.422. The second-order valence-corrected chi connectivity index (χ2v) is 5.03. The molecule has 0 spiro atoms. The zero-order chi connectivity index (χ0) is 15.4. The van der Waals surface area contributed by atoms with E-state index in [4.69, 9.17) is 18.9 Å². The number of hydrogen-bond acceptors (Lipinski definition) is 5. The fourth-order valence-electron chi connectivity index (χ4n) is 1.57. The van der Waals surface area contributed by atoms with Crippen LogP contribution in [0.3, 0.4) is 0 Å². The van der Waals surface area contributed by atoms with Gasteiger partial charge in [-0.05, 0) is 38.8 Å². The van der Waals surface area contributed by atoms with Gasteiger partial charge >= 0.3 is 0 Å². The summed E-state index contributed by atoms with van der Waals surface area (Å²) in [5.74, 6) is 0. The summed E-state index contributed by atoms with van der Waals surface area (Å²) in [5, 5.41) is 3.37. The Bertz CT molecular complexity index is 164. The van der Waals surface area contributed by atoms with E-state index in [9.17, 15) is 0 Å². The first-order valence-electron chi connectivity index (χ1n) is 8.43. The van der Waals surface area contributed by atoms with E-state index in [-0.39, 0.29) is 0 Å². The first-order chi connectivity index (χ1) is 10.4. The lowest BCUT2D eigenvalue weighted by molar-refractivity contribution is -0.0557. The molecule has 5 heteroatoms. The molecule has 21 heavy (non-hydrogen) atoms. The van der Waals surface area contributed by atoms with Gasteiger partial charge in [-0.3, -0.25) is 0 Å². The van der Waals surface area contributed by atoms with Crippen molar-refractivity contribution in [1.82, 2.24) is 5.32 Å². The average molecular weight is 305 g/mol. The second kappa shape index (κ2) is 19.8. The topological polar surface area (TPSA) is 49.0 Å². The van der Waals surface area contributed by atoms with Crippen LogP contribution in [0.5, 0.6) is 0 Å². The highest BCUT2D eigenvalue weighted by Gasteiger charge is 1.92. The summed E-state index contributed by atoms with van der Waals surface area (Å²) < 4.78 is 21.4. The lowest BCUT2D eigenvalue weighted by Crippen LogP contribution is -2.20. The molecule has 0 aromatic rings. The Morgan fingerprint density at radius 3 is 1.33 bits per heavy atom. The lowest BCUT2D eigenvalue weighted by Gasteiger charge is -2.07. The SMILES string of the molecule is CCCCOCOCCCNCCCOCOCCCC. The second-order valence-electron chi connectivity index (χ2n) is 5.03. The predicted molar refractivity (Wildman–Crippen MR) is 85.5 cm³/mol. The molecule has 128 valence electrons. The van der Waals surface area contributed by atoms with Crippen LogP contribution in [0.4, 0.5) is 0 Å². The van der Waals surface area contributed by atoms with E-state index in [0.717, 1.165) is 65.2 Å². The van der Waals surface area contributed by atoms with Crippen LogP contribution in [0.15, 0.2) is 0 Å². The Balaban J connectivity index is 2.90. The van der Waals surface area contributed by atoms with Crippen LogP contribution in [0.2, 0.25) is 0 Å². The monoisotopic (exact) mass is 305 g/mol. The van der Waals surface area contributed by atoms with Crippen molar-refractivity contribution in [1.29, 1.82) is 0 Å². The molecule has 0 saturated carbocycles. The van der Waals surface area contributed by atoms with E-state index in [0.29, 0.717) is 13.6 Å². The van der Waals surface area contributed by atoms with Crippen molar-refractivity contribution in [3.8, 4) is 0 Å². The summed E-state index contributed by atoms with van der Waals surface area (Å²) in [7, 11) is 0. The van der Waals surface area contributed by atoms with Gasteiger partial charge in [0.05, 0.1) is 13.2 Å². The molecule has 0 aliphatic carbocycles. The number of nitrogens with one attached hydrogen (secondary N) is 1. The van der Waals surface area contributed by atoms with Crippen molar-refractivity contribution in [2.75, 3.05) is 53.1 Å². The van der Waals surface area contributed by atoms with Crippen molar-refractivity contribution in [3.05, 3.63) is 0 Å². The van der Waals surface area contributed by atoms with Crippen molar-refractivity contribution in [2.24, 2.45) is 0 Å². The highest BCUT2D eigenvalue weighted by Crippen LogP contribution is 1.90. The highest BCUT2D eigenvalue weighted by molar-refractivity contribution is 4.47. The molecule has 1 N–H and O–H groups in total. The van der Waals surface area contributed by atoms with Crippen LogP contribution in [0.25, 0.3) is 0 Å². The van der Waals surface area contributed by atoms with Gasteiger partial charge in [-0.2, -0.15) is 0 Å². The Morgan fingerprint density at radius 1 is 0.571 bits per heavy atom. The van der Waals surface area contributed by atoms with Crippen LogP contribution in [0.1, 0.15) is 52.4 Å². The van der Waals surface area contributed by atoms with Gasteiger partial charge in [0, 0.05) is 13.2 Å². The van der Waals surface area contributed by atoms with Crippen LogP contribution in [-0.4, -0.2) is 53.1 Å². The number of rotatable bonds is 18. The van der Waals surface area contributed by atoms with Gasteiger partial charge in [-0.15, -0.1) is 0 Å². The molecule has 0 amide bonds. The number of hydrogen-bond donors (Lipinski definition) is 1. The molecule has 0 saturated heterocycles. The van der Waals surface area contributed by atoms with Crippen LogP contribution >= 0.6 is 0 Å². The van der Waals surface area contributed by atoms with E-state index >= 15 is 0 Å². The normalized spacial score (nSPS) is 11.1. The molecule has 0 aliphatic rings. The summed E-state index contributed by atoms with van der Waals surface area (Å²) in [6.45, 7) is 10.2. The standard InChI is InChI=1S/C16H35NO4/c1-3-5-11-18-15-20-13-7-9-17-10-8-14-21-16-19-12-6-4-2/h17H,3-16H2,1-2H3. The molecular weight excluding hydrogens is 270 g/mol. The highest BCUT2D eigenvalue weighted by atomic mass is 16.7. The molecular formula is C16H35NO4. The van der Waals surface area contributed by atoms with Crippen LogP contribution in [0, 0.1) is 0 Å². The van der Waals surface area contributed by atoms with Crippen molar-refractivity contribution >= 4 is 0 Å². The summed E-state index contributed by atoms with van der Waals surface area (Å²) >= 11 is 0. The van der Waals surface area contributed by atoms with Gasteiger partial charge in [-0.1, -0.05) is 26.7 Å². The average Bonchev–Trinajstić information content (AvgIpc) is 2.50. The molecule has 0 rings (SSSR count). The smallest absolute Gasteiger partial charge is 0.146 e. The molecule has 0 fully saturated rings. The van der Waals surface area contributed by atoms with Gasteiger partial charge in [0.2, 0.25) is 0 Å². The molecule has 0 atom stereocenters. The van der Waals surface area contributed by atoms with E-state index < -0.39 is 0 Å². The van der Waals surface area contributed by atoms with Crippen molar-refractivity contribution < 1.29 is 18.9 Å². The third kappa shape index (κ3) is 19.8. The van der Waals surface area contributed by atoms with E-state index in [1.165, 1.54) is 12.8 Å². The largest absolute Gasteiger partial charge is 0.355 e.